The Bertz CT molecular complexity index is 652. The van der Waals surface area contributed by atoms with Crippen LogP contribution in [-0.2, 0) is 11.0 Å². The first-order chi connectivity index (χ1) is 9.82. The molecular weight excluding hydrogens is 289 g/mol. The molecule has 1 heterocycles. The maximum atomic E-state index is 12.6. The Morgan fingerprint density at radius 1 is 1.33 bits per heavy atom. The number of aromatic nitrogens is 1. The second kappa shape index (κ2) is 5.57. The molecule has 0 radical (unpaired) electrons. The Hall–Kier alpha value is -2.35. The van der Waals surface area contributed by atoms with Crippen LogP contribution in [0.1, 0.15) is 16.1 Å². The van der Waals surface area contributed by atoms with Crippen molar-refractivity contribution in [3.63, 3.8) is 0 Å². The standard InChI is InChI=1S/C13H11F3N2O3/c1-18(20-2)12(19)10-7-11(21-17-10)8-4-3-5-9(6-8)13(14,15)16/h3-7H,1-2H3. The fraction of sp³-hybridized carbons (Fsp3) is 0.231. The van der Waals surface area contributed by atoms with Crippen molar-refractivity contribution >= 4 is 5.91 Å². The van der Waals surface area contributed by atoms with Crippen LogP contribution >= 0.6 is 0 Å². The van der Waals surface area contributed by atoms with E-state index in [4.69, 9.17) is 9.36 Å². The summed E-state index contributed by atoms with van der Waals surface area (Å²) in [5.41, 5.74) is -0.693. The third-order valence-corrected chi connectivity index (χ3v) is 2.76. The molecule has 0 spiro atoms. The van der Waals surface area contributed by atoms with Crippen LogP contribution in [0.2, 0.25) is 0 Å². The second-order valence-corrected chi connectivity index (χ2v) is 4.14. The van der Waals surface area contributed by atoms with Gasteiger partial charge in [0.25, 0.3) is 5.91 Å². The summed E-state index contributed by atoms with van der Waals surface area (Å²) in [5.74, 6) is -0.506. The Morgan fingerprint density at radius 3 is 2.67 bits per heavy atom. The van der Waals surface area contributed by atoms with Crippen molar-refractivity contribution in [1.82, 2.24) is 10.2 Å². The molecule has 2 rings (SSSR count). The van der Waals surface area contributed by atoms with E-state index in [9.17, 15) is 18.0 Å². The van der Waals surface area contributed by atoms with Gasteiger partial charge in [-0.2, -0.15) is 13.2 Å². The van der Waals surface area contributed by atoms with E-state index in [1.807, 2.05) is 0 Å². The van der Waals surface area contributed by atoms with Crippen molar-refractivity contribution < 1.29 is 27.3 Å². The van der Waals surface area contributed by atoms with E-state index in [0.717, 1.165) is 17.2 Å². The number of hydrogen-bond acceptors (Lipinski definition) is 4. The molecule has 112 valence electrons. The molecule has 0 aliphatic rings. The van der Waals surface area contributed by atoms with Crippen LogP contribution in [0.4, 0.5) is 13.2 Å². The van der Waals surface area contributed by atoms with E-state index in [-0.39, 0.29) is 17.0 Å². The fourth-order valence-corrected chi connectivity index (χ4v) is 1.61. The average Bonchev–Trinajstić information content (AvgIpc) is 2.94. The molecule has 0 saturated carbocycles. The monoisotopic (exact) mass is 300 g/mol. The molecule has 0 bridgehead atoms. The van der Waals surface area contributed by atoms with Crippen LogP contribution in [0.3, 0.4) is 0 Å². The molecule has 8 heteroatoms. The van der Waals surface area contributed by atoms with Gasteiger partial charge in [-0.3, -0.25) is 9.63 Å². The number of hydrogen-bond donors (Lipinski definition) is 0. The topological polar surface area (TPSA) is 55.6 Å². The lowest BCUT2D eigenvalue weighted by molar-refractivity contribution is -0.137. The van der Waals surface area contributed by atoms with Gasteiger partial charge in [0.1, 0.15) is 0 Å². The zero-order valence-corrected chi connectivity index (χ0v) is 11.1. The summed E-state index contributed by atoms with van der Waals surface area (Å²) in [6.45, 7) is 0. The van der Waals surface area contributed by atoms with Crippen molar-refractivity contribution in [2.75, 3.05) is 14.2 Å². The minimum absolute atomic E-state index is 0.0632. The molecule has 0 saturated heterocycles. The molecule has 0 N–H and O–H groups in total. The first-order valence-electron chi connectivity index (χ1n) is 5.79. The van der Waals surface area contributed by atoms with Crippen molar-refractivity contribution in [3.8, 4) is 11.3 Å². The molecular formula is C13H11F3N2O3. The summed E-state index contributed by atoms with van der Waals surface area (Å²) in [4.78, 5) is 16.4. The number of benzene rings is 1. The van der Waals surface area contributed by atoms with Gasteiger partial charge in [-0.15, -0.1) is 0 Å². The van der Waals surface area contributed by atoms with Crippen LogP contribution < -0.4 is 0 Å². The lowest BCUT2D eigenvalue weighted by Crippen LogP contribution is -2.25. The third-order valence-electron chi connectivity index (χ3n) is 2.76. The van der Waals surface area contributed by atoms with Gasteiger partial charge in [-0.25, -0.2) is 5.06 Å². The number of alkyl halides is 3. The molecule has 1 aromatic heterocycles. The average molecular weight is 300 g/mol. The van der Waals surface area contributed by atoms with Gasteiger partial charge in [-0.05, 0) is 12.1 Å². The minimum atomic E-state index is -4.45. The quantitative estimate of drug-likeness (QED) is 0.818. The van der Waals surface area contributed by atoms with E-state index >= 15 is 0 Å². The molecule has 0 fully saturated rings. The highest BCUT2D eigenvalue weighted by molar-refractivity contribution is 5.92. The number of hydroxylamine groups is 2. The Labute approximate surface area is 117 Å². The Morgan fingerprint density at radius 2 is 2.05 bits per heavy atom. The van der Waals surface area contributed by atoms with Gasteiger partial charge in [0.05, 0.1) is 12.7 Å². The van der Waals surface area contributed by atoms with Gasteiger partial charge in [-0.1, -0.05) is 17.3 Å². The zero-order chi connectivity index (χ0) is 15.6. The lowest BCUT2D eigenvalue weighted by Gasteiger charge is -2.10. The van der Waals surface area contributed by atoms with Crippen LogP contribution in [0.15, 0.2) is 34.9 Å². The highest BCUT2D eigenvalue weighted by Crippen LogP contribution is 2.32. The smallest absolute Gasteiger partial charge is 0.355 e. The van der Waals surface area contributed by atoms with Gasteiger partial charge in [0.2, 0.25) is 0 Å². The molecule has 2 aromatic rings. The van der Waals surface area contributed by atoms with Gasteiger partial charge in [0.15, 0.2) is 11.5 Å². The van der Waals surface area contributed by atoms with Crippen molar-refractivity contribution in [2.24, 2.45) is 0 Å². The summed E-state index contributed by atoms with van der Waals surface area (Å²) in [6, 6.07) is 5.82. The molecule has 0 aliphatic carbocycles. The van der Waals surface area contributed by atoms with E-state index in [0.29, 0.717) is 0 Å². The SMILES string of the molecule is CON(C)C(=O)c1cc(-c2cccc(C(F)(F)F)c2)on1. The van der Waals surface area contributed by atoms with Crippen molar-refractivity contribution in [2.45, 2.75) is 6.18 Å². The molecule has 1 amide bonds. The summed E-state index contributed by atoms with van der Waals surface area (Å²) >= 11 is 0. The predicted octanol–water partition coefficient (Wildman–Crippen LogP) is 2.99. The Balaban J connectivity index is 2.32. The third kappa shape index (κ3) is 3.22. The van der Waals surface area contributed by atoms with Gasteiger partial charge >= 0.3 is 6.18 Å². The predicted molar refractivity (Wildman–Crippen MR) is 66.0 cm³/mol. The number of amides is 1. The maximum absolute atomic E-state index is 12.6. The van der Waals surface area contributed by atoms with Crippen molar-refractivity contribution in [1.29, 1.82) is 0 Å². The number of rotatable bonds is 3. The van der Waals surface area contributed by atoms with Crippen LogP contribution in [-0.4, -0.2) is 30.3 Å². The van der Waals surface area contributed by atoms with Crippen molar-refractivity contribution in [3.05, 3.63) is 41.6 Å². The zero-order valence-electron chi connectivity index (χ0n) is 11.1. The van der Waals surface area contributed by atoms with Crippen LogP contribution in [0.25, 0.3) is 11.3 Å². The van der Waals surface area contributed by atoms with E-state index < -0.39 is 17.6 Å². The highest BCUT2D eigenvalue weighted by Gasteiger charge is 2.30. The molecule has 0 unspecified atom stereocenters. The first kappa shape index (κ1) is 15.0. The number of carbonyl (C=O) groups excluding carboxylic acids is 1. The minimum Gasteiger partial charge on any atom is -0.355 e. The summed E-state index contributed by atoms with van der Waals surface area (Å²) in [6.07, 6.45) is -4.45. The summed E-state index contributed by atoms with van der Waals surface area (Å²) in [7, 11) is 2.67. The largest absolute Gasteiger partial charge is 0.416 e. The lowest BCUT2D eigenvalue weighted by atomic mass is 10.1. The Kier molecular flexibility index (Phi) is 3.99. The van der Waals surface area contributed by atoms with Gasteiger partial charge < -0.3 is 4.52 Å². The maximum Gasteiger partial charge on any atom is 0.416 e. The summed E-state index contributed by atoms with van der Waals surface area (Å²) in [5, 5.41) is 4.45. The molecule has 0 aliphatic heterocycles. The second-order valence-electron chi connectivity index (χ2n) is 4.14. The number of nitrogens with zero attached hydrogens (tertiary/aromatic N) is 2. The number of halogens is 3. The highest BCUT2D eigenvalue weighted by atomic mass is 19.4. The molecule has 5 nitrogen and oxygen atoms in total. The first-order valence-corrected chi connectivity index (χ1v) is 5.79. The van der Waals surface area contributed by atoms with Crippen LogP contribution in [0, 0.1) is 0 Å². The van der Waals surface area contributed by atoms with Crippen LogP contribution in [0.5, 0.6) is 0 Å². The summed E-state index contributed by atoms with van der Waals surface area (Å²) < 4.78 is 42.8. The van der Waals surface area contributed by atoms with Gasteiger partial charge in [0, 0.05) is 18.7 Å². The normalized spacial score (nSPS) is 11.5. The number of carbonyl (C=O) groups is 1. The van der Waals surface area contributed by atoms with E-state index in [1.165, 1.54) is 32.4 Å². The molecule has 21 heavy (non-hydrogen) atoms. The van der Waals surface area contributed by atoms with E-state index in [1.54, 1.807) is 0 Å². The fourth-order valence-electron chi connectivity index (χ4n) is 1.61. The molecule has 1 aromatic carbocycles. The molecule has 0 atom stereocenters. The van der Waals surface area contributed by atoms with E-state index in [2.05, 4.69) is 5.16 Å².